The number of halogens is 3. The summed E-state index contributed by atoms with van der Waals surface area (Å²) in [6, 6.07) is 2.87. The molecule has 3 nitrogen and oxygen atoms in total. The standard InChI is InChI=1S/C8H6F2INO2/c9-8(10)7-4(3-6(13)14)1-2-5(11)12-7/h1-2,8H,3H2,(H,13,14). The highest BCUT2D eigenvalue weighted by Gasteiger charge is 2.16. The molecule has 1 aromatic rings. The predicted octanol–water partition coefficient (Wildman–Crippen LogP) is 2.25. The van der Waals surface area contributed by atoms with Gasteiger partial charge in [-0.1, -0.05) is 6.07 Å². The van der Waals surface area contributed by atoms with Crippen molar-refractivity contribution in [2.75, 3.05) is 0 Å². The van der Waals surface area contributed by atoms with Crippen molar-refractivity contribution in [2.45, 2.75) is 12.8 Å². The van der Waals surface area contributed by atoms with E-state index < -0.39 is 24.5 Å². The van der Waals surface area contributed by atoms with Crippen LogP contribution in [-0.4, -0.2) is 16.1 Å². The van der Waals surface area contributed by atoms with E-state index in [-0.39, 0.29) is 5.56 Å². The third-order valence-corrected chi connectivity index (χ3v) is 2.13. The van der Waals surface area contributed by atoms with Crippen LogP contribution in [0, 0.1) is 3.70 Å². The van der Waals surface area contributed by atoms with Gasteiger partial charge in [0.05, 0.1) is 6.42 Å². The Labute approximate surface area is 92.3 Å². The van der Waals surface area contributed by atoms with E-state index in [4.69, 9.17) is 5.11 Å². The van der Waals surface area contributed by atoms with E-state index in [1.54, 1.807) is 22.6 Å². The lowest BCUT2D eigenvalue weighted by molar-refractivity contribution is -0.136. The summed E-state index contributed by atoms with van der Waals surface area (Å²) in [5.74, 6) is -1.14. The summed E-state index contributed by atoms with van der Waals surface area (Å²) in [4.78, 5) is 14.0. The first-order valence-corrected chi connectivity index (χ1v) is 4.74. The molecule has 1 N–H and O–H groups in total. The first-order chi connectivity index (χ1) is 6.50. The van der Waals surface area contributed by atoms with Crippen LogP contribution in [0.4, 0.5) is 8.78 Å². The fourth-order valence-corrected chi connectivity index (χ4v) is 1.42. The van der Waals surface area contributed by atoms with E-state index in [1.165, 1.54) is 12.1 Å². The van der Waals surface area contributed by atoms with E-state index in [2.05, 4.69) is 4.98 Å². The van der Waals surface area contributed by atoms with Gasteiger partial charge in [-0.25, -0.2) is 13.8 Å². The maximum absolute atomic E-state index is 12.4. The van der Waals surface area contributed by atoms with Gasteiger partial charge >= 0.3 is 5.97 Å². The molecule has 0 bridgehead atoms. The molecule has 0 aliphatic rings. The number of aromatic nitrogens is 1. The van der Waals surface area contributed by atoms with Crippen molar-refractivity contribution in [1.29, 1.82) is 0 Å². The molecule has 6 heteroatoms. The summed E-state index contributed by atoms with van der Waals surface area (Å²) in [6.07, 6.45) is -3.16. The molecule has 0 aliphatic heterocycles. The Hall–Kier alpha value is -0.790. The van der Waals surface area contributed by atoms with Gasteiger partial charge in [0.15, 0.2) is 0 Å². The van der Waals surface area contributed by atoms with Crippen LogP contribution in [0.5, 0.6) is 0 Å². The van der Waals surface area contributed by atoms with Crippen molar-refractivity contribution in [3.05, 3.63) is 27.1 Å². The highest BCUT2D eigenvalue weighted by atomic mass is 127. The summed E-state index contributed by atoms with van der Waals surface area (Å²) in [5, 5.41) is 8.47. The number of nitrogens with zero attached hydrogens (tertiary/aromatic N) is 1. The zero-order valence-corrected chi connectivity index (χ0v) is 9.03. The summed E-state index contributed by atoms with van der Waals surface area (Å²) in [5.41, 5.74) is -0.382. The summed E-state index contributed by atoms with van der Waals surface area (Å²) >= 11 is 1.80. The summed E-state index contributed by atoms with van der Waals surface area (Å²) in [6.45, 7) is 0. The molecule has 0 saturated carbocycles. The number of hydrogen-bond acceptors (Lipinski definition) is 2. The van der Waals surface area contributed by atoms with Gasteiger partial charge in [0.2, 0.25) is 0 Å². The molecule has 76 valence electrons. The SMILES string of the molecule is O=C(O)Cc1ccc(I)nc1C(F)F. The van der Waals surface area contributed by atoms with Gasteiger partial charge in [0.25, 0.3) is 6.43 Å². The first-order valence-electron chi connectivity index (χ1n) is 3.66. The zero-order valence-electron chi connectivity index (χ0n) is 6.88. The average molecular weight is 313 g/mol. The number of carboxylic acid groups (broad SMARTS) is 1. The normalized spacial score (nSPS) is 10.6. The van der Waals surface area contributed by atoms with Crippen LogP contribution in [0.15, 0.2) is 12.1 Å². The third kappa shape index (κ3) is 2.86. The Morgan fingerprint density at radius 3 is 2.71 bits per heavy atom. The maximum Gasteiger partial charge on any atom is 0.307 e. The van der Waals surface area contributed by atoms with Gasteiger partial charge < -0.3 is 5.11 Å². The number of carbonyl (C=O) groups is 1. The topological polar surface area (TPSA) is 50.2 Å². The fourth-order valence-electron chi connectivity index (χ4n) is 0.980. The fraction of sp³-hybridized carbons (Fsp3) is 0.250. The van der Waals surface area contributed by atoms with Gasteiger partial charge in [0, 0.05) is 0 Å². The summed E-state index contributed by atoms with van der Waals surface area (Å²) in [7, 11) is 0. The lowest BCUT2D eigenvalue weighted by Crippen LogP contribution is -2.06. The van der Waals surface area contributed by atoms with Crippen molar-refractivity contribution in [3.63, 3.8) is 0 Å². The van der Waals surface area contributed by atoms with E-state index in [9.17, 15) is 13.6 Å². The van der Waals surface area contributed by atoms with Crippen LogP contribution in [0.2, 0.25) is 0 Å². The minimum Gasteiger partial charge on any atom is -0.481 e. The maximum atomic E-state index is 12.4. The van der Waals surface area contributed by atoms with E-state index in [0.717, 1.165) is 0 Å². The number of alkyl halides is 2. The second kappa shape index (κ2) is 4.63. The molecule has 1 heterocycles. The van der Waals surface area contributed by atoms with Crippen LogP contribution >= 0.6 is 22.6 Å². The lowest BCUT2D eigenvalue weighted by Gasteiger charge is -2.05. The Balaban J connectivity index is 3.08. The van der Waals surface area contributed by atoms with Gasteiger partial charge in [-0.3, -0.25) is 4.79 Å². The van der Waals surface area contributed by atoms with Crippen LogP contribution < -0.4 is 0 Å². The monoisotopic (exact) mass is 313 g/mol. The summed E-state index contributed by atoms with van der Waals surface area (Å²) < 4.78 is 25.2. The van der Waals surface area contributed by atoms with Crippen LogP contribution in [0.1, 0.15) is 17.7 Å². The molecule has 0 radical (unpaired) electrons. The van der Waals surface area contributed by atoms with Gasteiger partial charge in [0.1, 0.15) is 9.39 Å². The quantitative estimate of drug-likeness (QED) is 0.688. The molecule has 0 atom stereocenters. The van der Waals surface area contributed by atoms with E-state index in [0.29, 0.717) is 3.70 Å². The minimum atomic E-state index is -2.74. The van der Waals surface area contributed by atoms with E-state index in [1.807, 2.05) is 0 Å². The number of aliphatic carboxylic acids is 1. The molecule has 0 amide bonds. The smallest absolute Gasteiger partial charge is 0.307 e. The molecule has 0 saturated heterocycles. The zero-order chi connectivity index (χ0) is 10.7. The Morgan fingerprint density at radius 1 is 1.57 bits per heavy atom. The highest BCUT2D eigenvalue weighted by Crippen LogP contribution is 2.22. The predicted molar refractivity (Wildman–Crippen MR) is 53.3 cm³/mol. The molecule has 1 aromatic heterocycles. The van der Waals surface area contributed by atoms with Gasteiger partial charge in [-0.15, -0.1) is 0 Å². The molecule has 0 aromatic carbocycles. The van der Waals surface area contributed by atoms with Crippen molar-refractivity contribution in [1.82, 2.24) is 4.98 Å². The van der Waals surface area contributed by atoms with Crippen molar-refractivity contribution >= 4 is 28.6 Å². The Bertz CT molecular complexity index is 357. The molecule has 14 heavy (non-hydrogen) atoms. The van der Waals surface area contributed by atoms with Crippen molar-refractivity contribution in [2.24, 2.45) is 0 Å². The molecule has 0 aliphatic carbocycles. The molecule has 0 unspecified atom stereocenters. The first kappa shape index (κ1) is 11.3. The Morgan fingerprint density at radius 2 is 2.21 bits per heavy atom. The highest BCUT2D eigenvalue weighted by molar-refractivity contribution is 14.1. The van der Waals surface area contributed by atoms with Crippen LogP contribution in [0.25, 0.3) is 0 Å². The van der Waals surface area contributed by atoms with E-state index >= 15 is 0 Å². The third-order valence-electron chi connectivity index (χ3n) is 1.53. The largest absolute Gasteiger partial charge is 0.481 e. The second-order valence-corrected chi connectivity index (χ2v) is 3.65. The molecule has 1 rings (SSSR count). The van der Waals surface area contributed by atoms with Gasteiger partial charge in [-0.05, 0) is 34.2 Å². The number of hydrogen-bond donors (Lipinski definition) is 1. The molecular weight excluding hydrogens is 307 g/mol. The number of carboxylic acids is 1. The lowest BCUT2D eigenvalue weighted by atomic mass is 10.1. The molecule has 0 spiro atoms. The second-order valence-electron chi connectivity index (χ2n) is 2.55. The molecular formula is C8H6F2INO2. The minimum absolute atomic E-state index is 0.0629. The Kier molecular flexibility index (Phi) is 3.73. The average Bonchev–Trinajstić information content (AvgIpc) is 2.07. The molecule has 0 fully saturated rings. The number of rotatable bonds is 3. The van der Waals surface area contributed by atoms with Crippen LogP contribution in [-0.2, 0) is 11.2 Å². The van der Waals surface area contributed by atoms with Crippen LogP contribution in [0.3, 0.4) is 0 Å². The van der Waals surface area contributed by atoms with Gasteiger partial charge in [-0.2, -0.15) is 0 Å². The number of pyridine rings is 1. The van der Waals surface area contributed by atoms with Crippen molar-refractivity contribution < 1.29 is 18.7 Å². The van der Waals surface area contributed by atoms with Crippen molar-refractivity contribution in [3.8, 4) is 0 Å².